The molecule has 1 N–H and O–H groups in total. The van der Waals surface area contributed by atoms with E-state index in [1.54, 1.807) is 12.1 Å². The predicted molar refractivity (Wildman–Crippen MR) is 90.1 cm³/mol. The number of fused-ring (bicyclic) bond motifs is 2. The lowest BCUT2D eigenvalue weighted by molar-refractivity contribution is -0.135. The smallest absolute Gasteiger partial charge is 0.323 e. The highest BCUT2D eigenvalue weighted by atomic mass is 16.5. The van der Waals surface area contributed by atoms with E-state index in [9.17, 15) is 4.79 Å². The van der Waals surface area contributed by atoms with Crippen LogP contribution in [0.3, 0.4) is 0 Å². The second kappa shape index (κ2) is 5.61. The third-order valence-corrected chi connectivity index (χ3v) is 4.01. The van der Waals surface area contributed by atoms with Gasteiger partial charge < -0.3 is 10.1 Å². The zero-order valence-electron chi connectivity index (χ0n) is 12.4. The summed E-state index contributed by atoms with van der Waals surface area (Å²) in [6.45, 7) is 0. The Bertz CT molecular complexity index is 813. The van der Waals surface area contributed by atoms with Crippen molar-refractivity contribution in [3.8, 4) is 5.75 Å². The summed E-state index contributed by atoms with van der Waals surface area (Å²) >= 11 is 0. The minimum atomic E-state index is -0.427. The number of rotatable bonds is 2. The molecular weight excluding hydrogens is 286 g/mol. The average molecular weight is 301 g/mol. The molecule has 0 unspecified atom stereocenters. The average Bonchev–Trinajstić information content (AvgIpc) is 2.60. The van der Waals surface area contributed by atoms with Crippen LogP contribution in [-0.2, 0) is 4.79 Å². The molecule has 0 radical (unpaired) electrons. The molecule has 0 amide bonds. The van der Waals surface area contributed by atoms with Crippen LogP contribution in [0.25, 0.3) is 0 Å². The van der Waals surface area contributed by atoms with Crippen LogP contribution in [0.5, 0.6) is 5.75 Å². The maximum Gasteiger partial charge on any atom is 0.323 e. The summed E-state index contributed by atoms with van der Waals surface area (Å²) in [5.74, 6) is -0.132. The number of nitrogens with one attached hydrogen (secondary N) is 1. The fraction of sp³-hybridized carbons (Fsp3) is 0.0500. The molecule has 1 heterocycles. The highest BCUT2D eigenvalue weighted by Crippen LogP contribution is 2.41. The maximum atomic E-state index is 12.8. The van der Waals surface area contributed by atoms with Crippen molar-refractivity contribution in [3.05, 3.63) is 90.0 Å². The van der Waals surface area contributed by atoms with Crippen LogP contribution in [0.15, 0.2) is 78.9 Å². The first-order chi connectivity index (χ1) is 11.3. The van der Waals surface area contributed by atoms with Gasteiger partial charge in [0, 0.05) is 11.4 Å². The summed E-state index contributed by atoms with van der Waals surface area (Å²) in [6.07, 6.45) is 0. The van der Waals surface area contributed by atoms with Gasteiger partial charge in [0.2, 0.25) is 0 Å². The van der Waals surface area contributed by atoms with Crippen LogP contribution in [-0.4, -0.2) is 5.97 Å². The van der Waals surface area contributed by atoms with Gasteiger partial charge in [-0.25, -0.2) is 0 Å². The van der Waals surface area contributed by atoms with Crippen LogP contribution in [0.4, 0.5) is 11.4 Å². The molecule has 0 aromatic heterocycles. The monoisotopic (exact) mass is 301 g/mol. The second-order valence-corrected chi connectivity index (χ2v) is 5.47. The summed E-state index contributed by atoms with van der Waals surface area (Å²) in [5.41, 5.74) is 3.77. The molecule has 1 aliphatic rings. The van der Waals surface area contributed by atoms with E-state index in [-0.39, 0.29) is 5.97 Å². The fourth-order valence-corrected chi connectivity index (χ4v) is 2.96. The van der Waals surface area contributed by atoms with E-state index < -0.39 is 5.92 Å². The Hall–Kier alpha value is -3.07. The Kier molecular flexibility index (Phi) is 3.31. The van der Waals surface area contributed by atoms with Crippen LogP contribution in [0, 0.1) is 0 Å². The third kappa shape index (κ3) is 2.46. The molecule has 4 rings (SSSR count). The van der Waals surface area contributed by atoms with Crippen molar-refractivity contribution in [1.29, 1.82) is 0 Å². The van der Waals surface area contributed by atoms with Crippen LogP contribution >= 0.6 is 0 Å². The standard InChI is InChI=1S/C20H15NO2/c22-20(23-14-8-2-1-3-9-14)19-15-10-4-6-12-17(15)21-18-13-7-5-11-16(18)19/h1-13,19,21H. The molecule has 0 atom stereocenters. The molecule has 112 valence electrons. The van der Waals surface area contributed by atoms with Crippen molar-refractivity contribution in [3.63, 3.8) is 0 Å². The molecule has 1 aliphatic heterocycles. The summed E-state index contributed by atoms with van der Waals surface area (Å²) in [4.78, 5) is 12.8. The number of hydrogen-bond acceptors (Lipinski definition) is 3. The molecule has 0 saturated carbocycles. The number of para-hydroxylation sites is 3. The first-order valence-corrected chi connectivity index (χ1v) is 7.54. The Morgan fingerprint density at radius 3 is 1.87 bits per heavy atom. The lowest BCUT2D eigenvalue weighted by Gasteiger charge is -2.27. The summed E-state index contributed by atoms with van der Waals surface area (Å²) in [7, 11) is 0. The van der Waals surface area contributed by atoms with Gasteiger partial charge >= 0.3 is 5.97 Å². The quantitative estimate of drug-likeness (QED) is 0.560. The van der Waals surface area contributed by atoms with Crippen LogP contribution in [0.1, 0.15) is 17.0 Å². The van der Waals surface area contributed by atoms with Gasteiger partial charge in [-0.15, -0.1) is 0 Å². The molecule has 0 fully saturated rings. The largest absolute Gasteiger partial charge is 0.426 e. The van der Waals surface area contributed by atoms with Gasteiger partial charge in [-0.3, -0.25) is 4.79 Å². The minimum absolute atomic E-state index is 0.266. The van der Waals surface area contributed by atoms with Gasteiger partial charge in [-0.05, 0) is 35.4 Å². The Labute approximate surface area is 134 Å². The van der Waals surface area contributed by atoms with E-state index in [1.807, 2.05) is 66.7 Å². The van der Waals surface area contributed by atoms with Crippen LogP contribution < -0.4 is 10.1 Å². The van der Waals surface area contributed by atoms with E-state index in [4.69, 9.17) is 4.74 Å². The van der Waals surface area contributed by atoms with E-state index >= 15 is 0 Å². The van der Waals surface area contributed by atoms with Crippen molar-refractivity contribution >= 4 is 17.3 Å². The summed E-state index contributed by atoms with van der Waals surface area (Å²) in [6, 6.07) is 24.9. The molecule has 0 aliphatic carbocycles. The number of esters is 1. The molecule has 23 heavy (non-hydrogen) atoms. The van der Waals surface area contributed by atoms with Crippen molar-refractivity contribution < 1.29 is 9.53 Å². The molecule has 0 saturated heterocycles. The SMILES string of the molecule is O=C(Oc1ccccc1)C1c2ccccc2Nc2ccccc21. The number of carbonyl (C=O) groups excluding carboxylic acids is 1. The lowest BCUT2D eigenvalue weighted by Crippen LogP contribution is -2.24. The summed E-state index contributed by atoms with van der Waals surface area (Å²) in [5, 5.41) is 3.38. The predicted octanol–water partition coefficient (Wildman–Crippen LogP) is 4.48. The number of carbonyl (C=O) groups is 1. The van der Waals surface area contributed by atoms with E-state index in [1.165, 1.54) is 0 Å². The van der Waals surface area contributed by atoms with Crippen molar-refractivity contribution in [2.45, 2.75) is 5.92 Å². The van der Waals surface area contributed by atoms with Gasteiger partial charge in [-0.2, -0.15) is 0 Å². The van der Waals surface area contributed by atoms with Gasteiger partial charge in [-0.1, -0.05) is 54.6 Å². The Balaban J connectivity index is 1.77. The van der Waals surface area contributed by atoms with Gasteiger partial charge in [0.15, 0.2) is 0 Å². The highest BCUT2D eigenvalue weighted by molar-refractivity contribution is 5.91. The molecule has 0 bridgehead atoms. The first kappa shape index (κ1) is 13.6. The maximum absolute atomic E-state index is 12.8. The molecule has 3 aromatic carbocycles. The fourth-order valence-electron chi connectivity index (χ4n) is 2.96. The van der Waals surface area contributed by atoms with Crippen LogP contribution in [0.2, 0.25) is 0 Å². The van der Waals surface area contributed by atoms with Crippen molar-refractivity contribution in [2.24, 2.45) is 0 Å². The third-order valence-electron chi connectivity index (χ3n) is 4.01. The Morgan fingerprint density at radius 1 is 0.739 bits per heavy atom. The zero-order chi connectivity index (χ0) is 15.6. The Morgan fingerprint density at radius 2 is 1.26 bits per heavy atom. The number of ether oxygens (including phenoxy) is 1. The zero-order valence-corrected chi connectivity index (χ0v) is 12.4. The highest BCUT2D eigenvalue weighted by Gasteiger charge is 2.32. The molecular formula is C20H15NO2. The normalized spacial score (nSPS) is 12.7. The molecule has 3 heteroatoms. The van der Waals surface area contributed by atoms with E-state index in [0.29, 0.717) is 5.75 Å². The summed E-state index contributed by atoms with van der Waals surface area (Å²) < 4.78 is 5.60. The number of benzene rings is 3. The molecule has 0 spiro atoms. The topological polar surface area (TPSA) is 38.3 Å². The number of hydrogen-bond donors (Lipinski definition) is 1. The van der Waals surface area contributed by atoms with Gasteiger partial charge in [0.25, 0.3) is 0 Å². The van der Waals surface area contributed by atoms with E-state index in [0.717, 1.165) is 22.5 Å². The molecule has 3 aromatic rings. The second-order valence-electron chi connectivity index (χ2n) is 5.47. The molecule has 3 nitrogen and oxygen atoms in total. The number of anilines is 2. The lowest BCUT2D eigenvalue weighted by atomic mass is 9.86. The first-order valence-electron chi connectivity index (χ1n) is 7.54. The van der Waals surface area contributed by atoms with Gasteiger partial charge in [0.05, 0.1) is 0 Å². The minimum Gasteiger partial charge on any atom is -0.426 e. The van der Waals surface area contributed by atoms with E-state index in [2.05, 4.69) is 5.32 Å². The van der Waals surface area contributed by atoms with Crippen molar-refractivity contribution in [2.75, 3.05) is 5.32 Å². The van der Waals surface area contributed by atoms with Crippen molar-refractivity contribution in [1.82, 2.24) is 0 Å². The van der Waals surface area contributed by atoms with Gasteiger partial charge in [0.1, 0.15) is 11.7 Å².